The Kier molecular flexibility index (Phi) is 2.56. The summed E-state index contributed by atoms with van der Waals surface area (Å²) in [5.41, 5.74) is 0.701. The van der Waals surface area contributed by atoms with Crippen LogP contribution in [0.3, 0.4) is 0 Å². The lowest BCUT2D eigenvalue weighted by Gasteiger charge is -2.23. The van der Waals surface area contributed by atoms with Gasteiger partial charge in [-0.3, -0.25) is 0 Å². The molecule has 1 unspecified atom stereocenters. The Morgan fingerprint density at radius 3 is 3.00 bits per heavy atom. The van der Waals surface area contributed by atoms with Gasteiger partial charge >= 0.3 is 5.97 Å². The number of nitrogens with one attached hydrogen (secondary N) is 1. The summed E-state index contributed by atoms with van der Waals surface area (Å²) in [7, 11) is 0. The minimum absolute atomic E-state index is 0.0576. The standard InChI is InChI=1S/C13H10FN3O2/c14-9-3-1-2-8(6-9)11-7-10(13(18)19)16-12-4-5-15-17(11)12/h1-7,11,16H,(H,18,19). The van der Waals surface area contributed by atoms with E-state index in [0.29, 0.717) is 11.4 Å². The summed E-state index contributed by atoms with van der Waals surface area (Å²) < 4.78 is 14.9. The van der Waals surface area contributed by atoms with E-state index < -0.39 is 12.0 Å². The van der Waals surface area contributed by atoms with Gasteiger partial charge in [-0.25, -0.2) is 13.9 Å². The first kappa shape index (κ1) is 11.5. The lowest BCUT2D eigenvalue weighted by Crippen LogP contribution is -2.23. The Balaban J connectivity index is 2.11. The SMILES string of the molecule is O=C(O)C1=CC(c2cccc(F)c2)n2nccc2N1. The van der Waals surface area contributed by atoms with E-state index in [-0.39, 0.29) is 11.5 Å². The molecular weight excluding hydrogens is 249 g/mol. The lowest BCUT2D eigenvalue weighted by molar-refractivity contribution is -0.132. The van der Waals surface area contributed by atoms with Crippen LogP contribution in [0.5, 0.6) is 0 Å². The molecule has 0 amide bonds. The number of allylic oxidation sites excluding steroid dienone is 1. The Bertz CT molecular complexity index is 678. The summed E-state index contributed by atoms with van der Waals surface area (Å²) in [6.07, 6.45) is 3.07. The second kappa shape index (κ2) is 4.24. The van der Waals surface area contributed by atoms with Crippen LogP contribution in [0.25, 0.3) is 0 Å². The highest BCUT2D eigenvalue weighted by molar-refractivity contribution is 5.90. The van der Waals surface area contributed by atoms with Crippen LogP contribution in [-0.4, -0.2) is 20.9 Å². The maximum absolute atomic E-state index is 13.3. The van der Waals surface area contributed by atoms with Crippen LogP contribution in [-0.2, 0) is 4.79 Å². The molecule has 1 aromatic carbocycles. The highest BCUT2D eigenvalue weighted by atomic mass is 19.1. The van der Waals surface area contributed by atoms with Gasteiger partial charge in [0.1, 0.15) is 17.3 Å². The van der Waals surface area contributed by atoms with Gasteiger partial charge in [0.25, 0.3) is 0 Å². The molecule has 2 aromatic rings. The first-order valence-corrected chi connectivity index (χ1v) is 5.66. The molecule has 0 radical (unpaired) electrons. The highest BCUT2D eigenvalue weighted by Gasteiger charge is 2.24. The molecule has 2 heterocycles. The van der Waals surface area contributed by atoms with Gasteiger partial charge in [-0.05, 0) is 23.8 Å². The van der Waals surface area contributed by atoms with Crippen LogP contribution in [0, 0.1) is 5.82 Å². The zero-order valence-electron chi connectivity index (χ0n) is 9.75. The fraction of sp³-hybridized carbons (Fsp3) is 0.0769. The first-order chi connectivity index (χ1) is 9.15. The molecule has 3 rings (SSSR count). The third-order valence-electron chi connectivity index (χ3n) is 2.94. The number of hydrogen-bond acceptors (Lipinski definition) is 3. The number of aromatic nitrogens is 2. The number of rotatable bonds is 2. The molecule has 1 aliphatic rings. The van der Waals surface area contributed by atoms with Crippen molar-refractivity contribution in [1.29, 1.82) is 0 Å². The summed E-state index contributed by atoms with van der Waals surface area (Å²) in [6, 6.07) is 7.27. The van der Waals surface area contributed by atoms with Gasteiger partial charge in [0.2, 0.25) is 0 Å². The molecule has 0 spiro atoms. The lowest BCUT2D eigenvalue weighted by atomic mass is 10.0. The van der Waals surface area contributed by atoms with Crippen molar-refractivity contribution in [1.82, 2.24) is 9.78 Å². The molecule has 5 nitrogen and oxygen atoms in total. The van der Waals surface area contributed by atoms with Gasteiger partial charge in [-0.2, -0.15) is 5.10 Å². The van der Waals surface area contributed by atoms with Crippen LogP contribution in [0.2, 0.25) is 0 Å². The van der Waals surface area contributed by atoms with Crippen molar-refractivity contribution < 1.29 is 14.3 Å². The summed E-state index contributed by atoms with van der Waals surface area (Å²) >= 11 is 0. The number of anilines is 1. The van der Waals surface area contributed by atoms with Gasteiger partial charge in [0.05, 0.1) is 12.2 Å². The smallest absolute Gasteiger partial charge is 0.352 e. The minimum Gasteiger partial charge on any atom is -0.477 e. The van der Waals surface area contributed by atoms with Gasteiger partial charge in [0.15, 0.2) is 0 Å². The van der Waals surface area contributed by atoms with Gasteiger partial charge < -0.3 is 10.4 Å². The third kappa shape index (κ3) is 1.97. The molecule has 19 heavy (non-hydrogen) atoms. The van der Waals surface area contributed by atoms with Gasteiger partial charge in [-0.1, -0.05) is 12.1 Å². The maximum Gasteiger partial charge on any atom is 0.352 e. The molecule has 0 fully saturated rings. The quantitative estimate of drug-likeness (QED) is 0.865. The first-order valence-electron chi connectivity index (χ1n) is 5.66. The van der Waals surface area contributed by atoms with Crippen molar-refractivity contribution >= 4 is 11.8 Å². The molecule has 96 valence electrons. The summed E-state index contributed by atoms with van der Waals surface area (Å²) in [6.45, 7) is 0. The fourth-order valence-corrected chi connectivity index (χ4v) is 2.10. The number of halogens is 1. The largest absolute Gasteiger partial charge is 0.477 e. The van der Waals surface area contributed by atoms with E-state index in [1.54, 1.807) is 29.1 Å². The molecule has 0 bridgehead atoms. The molecule has 1 aliphatic heterocycles. The van der Waals surface area contributed by atoms with Crippen LogP contribution in [0.1, 0.15) is 11.6 Å². The summed E-state index contributed by atoms with van der Waals surface area (Å²) in [4.78, 5) is 11.1. The second-order valence-electron chi connectivity index (χ2n) is 4.17. The zero-order valence-corrected chi connectivity index (χ0v) is 9.75. The molecule has 0 aliphatic carbocycles. The van der Waals surface area contributed by atoms with Gasteiger partial charge in [0, 0.05) is 6.07 Å². The minimum atomic E-state index is -1.06. The molecule has 6 heteroatoms. The average Bonchev–Trinajstić information content (AvgIpc) is 2.85. The van der Waals surface area contributed by atoms with Crippen LogP contribution in [0.15, 0.2) is 48.3 Å². The second-order valence-corrected chi connectivity index (χ2v) is 4.17. The topological polar surface area (TPSA) is 67.1 Å². The van der Waals surface area contributed by atoms with Crippen LogP contribution in [0.4, 0.5) is 10.2 Å². The zero-order chi connectivity index (χ0) is 13.4. The van der Waals surface area contributed by atoms with Crippen LogP contribution >= 0.6 is 0 Å². The predicted octanol–water partition coefficient (Wildman–Crippen LogP) is 2.01. The number of aliphatic carboxylic acids is 1. The van der Waals surface area contributed by atoms with E-state index >= 15 is 0 Å². The number of fused-ring (bicyclic) bond motifs is 1. The number of benzene rings is 1. The van der Waals surface area contributed by atoms with Crippen molar-refractivity contribution in [2.75, 3.05) is 5.32 Å². The van der Waals surface area contributed by atoms with Crippen LogP contribution < -0.4 is 5.32 Å². The Morgan fingerprint density at radius 2 is 2.26 bits per heavy atom. The number of hydrogen-bond donors (Lipinski definition) is 2. The monoisotopic (exact) mass is 259 g/mol. The predicted molar refractivity (Wildman–Crippen MR) is 66.1 cm³/mol. The highest BCUT2D eigenvalue weighted by Crippen LogP contribution is 2.29. The number of carboxylic acids is 1. The molecule has 2 N–H and O–H groups in total. The molecule has 0 saturated heterocycles. The van der Waals surface area contributed by atoms with Crippen molar-refractivity contribution in [3.8, 4) is 0 Å². The number of carboxylic acid groups (broad SMARTS) is 1. The van der Waals surface area contributed by atoms with Crippen molar-refractivity contribution in [2.45, 2.75) is 6.04 Å². The van der Waals surface area contributed by atoms with E-state index in [1.807, 2.05) is 0 Å². The normalized spacial score (nSPS) is 17.3. The number of nitrogens with zero attached hydrogens (tertiary/aromatic N) is 2. The Labute approximate surface area is 108 Å². The van der Waals surface area contributed by atoms with E-state index in [4.69, 9.17) is 5.11 Å². The summed E-state index contributed by atoms with van der Waals surface area (Å²) in [5.74, 6) is -0.863. The van der Waals surface area contributed by atoms with Crippen molar-refractivity contribution in [3.05, 3.63) is 59.7 Å². The summed E-state index contributed by atoms with van der Waals surface area (Å²) in [5, 5.41) is 16.0. The van der Waals surface area contributed by atoms with E-state index in [9.17, 15) is 9.18 Å². The molecule has 1 atom stereocenters. The van der Waals surface area contributed by atoms with E-state index in [2.05, 4.69) is 10.4 Å². The Hall–Kier alpha value is -2.63. The fourth-order valence-electron chi connectivity index (χ4n) is 2.10. The Morgan fingerprint density at radius 1 is 1.42 bits per heavy atom. The molecule has 0 saturated carbocycles. The van der Waals surface area contributed by atoms with Crippen molar-refractivity contribution in [3.63, 3.8) is 0 Å². The van der Waals surface area contributed by atoms with E-state index in [0.717, 1.165) is 0 Å². The average molecular weight is 259 g/mol. The number of carbonyl (C=O) groups is 1. The van der Waals surface area contributed by atoms with Crippen molar-refractivity contribution in [2.24, 2.45) is 0 Å². The van der Waals surface area contributed by atoms with E-state index in [1.165, 1.54) is 18.2 Å². The maximum atomic E-state index is 13.3. The molecular formula is C13H10FN3O2. The third-order valence-corrected chi connectivity index (χ3v) is 2.94. The molecule has 1 aromatic heterocycles. The van der Waals surface area contributed by atoms with Gasteiger partial charge in [-0.15, -0.1) is 0 Å².